The van der Waals surface area contributed by atoms with E-state index in [4.69, 9.17) is 10.8 Å². The predicted octanol–water partition coefficient (Wildman–Crippen LogP) is 1.36. The first kappa shape index (κ1) is 24.0. The van der Waals surface area contributed by atoms with Gasteiger partial charge in [0.05, 0.1) is 17.4 Å². The molecule has 1 aromatic rings. The van der Waals surface area contributed by atoms with Crippen LogP contribution in [-0.4, -0.2) is 51.7 Å². The number of nitrogens with two attached hydrogens (primary N) is 1. The minimum absolute atomic E-state index is 0.0892. The molecule has 0 radical (unpaired) electrons. The van der Waals surface area contributed by atoms with Crippen LogP contribution in [0.25, 0.3) is 0 Å². The number of carboxylic acids is 1. The number of rotatable bonds is 15. The summed E-state index contributed by atoms with van der Waals surface area (Å²) >= 11 is 3.16. The molecular weight excluding hydrogens is 402 g/mol. The van der Waals surface area contributed by atoms with Crippen molar-refractivity contribution in [2.24, 2.45) is 5.73 Å². The fraction of sp³-hybridized carbons (Fsp3) is 0.500. The molecule has 4 N–H and O–H groups in total. The topological polar surface area (TPSA) is 139 Å². The van der Waals surface area contributed by atoms with Crippen LogP contribution in [0.1, 0.15) is 37.1 Å². The minimum Gasteiger partial charge on any atom is -0.481 e. The van der Waals surface area contributed by atoms with E-state index in [1.165, 1.54) is 0 Å². The largest absolute Gasteiger partial charge is 0.481 e. The van der Waals surface area contributed by atoms with Crippen molar-refractivity contribution in [1.82, 2.24) is 10.3 Å². The van der Waals surface area contributed by atoms with Gasteiger partial charge < -0.3 is 21.0 Å². The molecule has 154 valence electrons. The Labute approximate surface area is 172 Å². The zero-order valence-corrected chi connectivity index (χ0v) is 17.1. The second-order valence-electron chi connectivity index (χ2n) is 5.93. The molecule has 10 heteroatoms. The summed E-state index contributed by atoms with van der Waals surface area (Å²) < 4.78 is 0. The number of hydrogen-bond acceptors (Lipinski definition) is 7. The molecule has 0 aromatic carbocycles. The molecule has 28 heavy (non-hydrogen) atoms. The van der Waals surface area contributed by atoms with E-state index >= 15 is 0 Å². The standard InChI is InChI=1S/C18H25N3O5S2/c19-16(23)6-8-27-11-14-2-1-3-15(20-14)12-28-9-7-17(24)21-13(10-22)4-5-18(25)26/h1-3,10,13H,4-9,11-12H2,(H2,19,23)(H,21,24)(H,25,26)/t13-/m0/s1. The number of nitrogens with zero attached hydrogens (tertiary/aromatic N) is 1. The van der Waals surface area contributed by atoms with Crippen molar-refractivity contribution in [3.05, 3.63) is 29.6 Å². The van der Waals surface area contributed by atoms with Crippen LogP contribution < -0.4 is 11.1 Å². The number of aromatic nitrogens is 1. The van der Waals surface area contributed by atoms with Crippen LogP contribution in [0.4, 0.5) is 0 Å². The highest BCUT2D eigenvalue weighted by atomic mass is 32.2. The second-order valence-corrected chi connectivity index (χ2v) is 8.14. The average molecular weight is 428 g/mol. The molecule has 0 aliphatic rings. The van der Waals surface area contributed by atoms with Crippen molar-refractivity contribution in [2.75, 3.05) is 11.5 Å². The van der Waals surface area contributed by atoms with Gasteiger partial charge in [-0.1, -0.05) is 6.07 Å². The summed E-state index contributed by atoms with van der Waals surface area (Å²) in [5.41, 5.74) is 6.94. The van der Waals surface area contributed by atoms with Crippen LogP contribution in [0.3, 0.4) is 0 Å². The fourth-order valence-electron chi connectivity index (χ4n) is 2.11. The van der Waals surface area contributed by atoms with Crippen LogP contribution >= 0.6 is 23.5 Å². The number of pyridine rings is 1. The van der Waals surface area contributed by atoms with Gasteiger partial charge >= 0.3 is 5.97 Å². The normalized spacial score (nSPS) is 11.6. The number of hydrogen-bond donors (Lipinski definition) is 3. The molecule has 0 bridgehead atoms. The maximum atomic E-state index is 11.8. The van der Waals surface area contributed by atoms with Gasteiger partial charge in [0.25, 0.3) is 0 Å². The highest BCUT2D eigenvalue weighted by Gasteiger charge is 2.12. The summed E-state index contributed by atoms with van der Waals surface area (Å²) in [6.45, 7) is 0. The van der Waals surface area contributed by atoms with E-state index in [9.17, 15) is 19.2 Å². The predicted molar refractivity (Wildman–Crippen MR) is 110 cm³/mol. The van der Waals surface area contributed by atoms with Gasteiger partial charge in [-0.3, -0.25) is 19.4 Å². The van der Waals surface area contributed by atoms with Crippen LogP contribution in [0.15, 0.2) is 18.2 Å². The molecule has 0 aliphatic heterocycles. The second kappa shape index (κ2) is 14.0. The third-order valence-corrected chi connectivity index (χ3v) is 5.50. The summed E-state index contributed by atoms with van der Waals surface area (Å²) in [6.07, 6.45) is 1.08. The zero-order chi connectivity index (χ0) is 20.8. The third-order valence-electron chi connectivity index (χ3n) is 3.51. The molecule has 1 aromatic heterocycles. The Morgan fingerprint density at radius 2 is 1.71 bits per heavy atom. The van der Waals surface area contributed by atoms with E-state index in [0.717, 1.165) is 11.4 Å². The van der Waals surface area contributed by atoms with Crippen molar-refractivity contribution in [3.63, 3.8) is 0 Å². The first-order valence-corrected chi connectivity index (χ1v) is 11.1. The summed E-state index contributed by atoms with van der Waals surface area (Å²) in [5.74, 6) is 1.01. The van der Waals surface area contributed by atoms with Crippen molar-refractivity contribution in [1.29, 1.82) is 0 Å². The van der Waals surface area contributed by atoms with Crippen molar-refractivity contribution < 1.29 is 24.3 Å². The third kappa shape index (κ3) is 11.6. The highest BCUT2D eigenvalue weighted by Crippen LogP contribution is 2.15. The summed E-state index contributed by atoms with van der Waals surface area (Å²) in [6, 6.07) is 5.00. The monoisotopic (exact) mass is 427 g/mol. The van der Waals surface area contributed by atoms with Gasteiger partial charge in [0.1, 0.15) is 6.29 Å². The van der Waals surface area contributed by atoms with Crippen LogP contribution in [0.2, 0.25) is 0 Å². The number of carboxylic acid groups (broad SMARTS) is 1. The van der Waals surface area contributed by atoms with Crippen molar-refractivity contribution in [2.45, 2.75) is 43.2 Å². The number of carbonyl (C=O) groups is 4. The molecule has 2 amide bonds. The van der Waals surface area contributed by atoms with Gasteiger partial charge in [-0.15, -0.1) is 0 Å². The van der Waals surface area contributed by atoms with E-state index in [1.807, 2.05) is 18.2 Å². The number of thioether (sulfide) groups is 2. The Morgan fingerprint density at radius 1 is 1.11 bits per heavy atom. The lowest BCUT2D eigenvalue weighted by atomic mass is 10.2. The van der Waals surface area contributed by atoms with Crippen molar-refractivity contribution >= 4 is 47.6 Å². The summed E-state index contributed by atoms with van der Waals surface area (Å²) in [7, 11) is 0. The Kier molecular flexibility index (Phi) is 12.0. The molecule has 0 unspecified atom stereocenters. The lowest BCUT2D eigenvalue weighted by molar-refractivity contribution is -0.137. The van der Waals surface area contributed by atoms with Gasteiger partial charge in [0, 0.05) is 42.3 Å². The van der Waals surface area contributed by atoms with Crippen molar-refractivity contribution in [3.8, 4) is 0 Å². The molecule has 0 saturated carbocycles. The van der Waals surface area contributed by atoms with Gasteiger partial charge in [0.15, 0.2) is 0 Å². The Bertz CT molecular complexity index is 672. The number of carbonyl (C=O) groups excluding carboxylic acids is 3. The number of aliphatic carboxylic acids is 1. The van der Waals surface area contributed by atoms with Gasteiger partial charge in [-0.05, 0) is 18.6 Å². The first-order chi connectivity index (χ1) is 13.4. The maximum Gasteiger partial charge on any atom is 0.303 e. The van der Waals surface area contributed by atoms with Gasteiger partial charge in [0.2, 0.25) is 11.8 Å². The van der Waals surface area contributed by atoms with E-state index in [-0.39, 0.29) is 31.1 Å². The maximum absolute atomic E-state index is 11.8. The number of nitrogens with one attached hydrogen (secondary N) is 1. The molecule has 0 spiro atoms. The quantitative estimate of drug-likeness (QED) is 0.282. The van der Waals surface area contributed by atoms with Crippen LogP contribution in [0.5, 0.6) is 0 Å². The summed E-state index contributed by atoms with van der Waals surface area (Å²) in [4.78, 5) is 48.5. The lowest BCUT2D eigenvalue weighted by Crippen LogP contribution is -2.36. The van der Waals surface area contributed by atoms with E-state index in [0.29, 0.717) is 35.7 Å². The van der Waals surface area contributed by atoms with E-state index in [1.54, 1.807) is 23.5 Å². The Morgan fingerprint density at radius 3 is 2.25 bits per heavy atom. The number of aldehydes is 1. The van der Waals surface area contributed by atoms with Gasteiger partial charge in [-0.25, -0.2) is 0 Å². The van der Waals surface area contributed by atoms with Crippen LogP contribution in [0, 0.1) is 0 Å². The molecule has 0 fully saturated rings. The lowest BCUT2D eigenvalue weighted by Gasteiger charge is -2.11. The highest BCUT2D eigenvalue weighted by molar-refractivity contribution is 7.98. The number of amides is 2. The fourth-order valence-corrected chi connectivity index (χ4v) is 3.82. The Hall–Kier alpha value is -2.07. The van der Waals surface area contributed by atoms with E-state index in [2.05, 4.69) is 10.3 Å². The van der Waals surface area contributed by atoms with Gasteiger partial charge in [-0.2, -0.15) is 23.5 Å². The molecular formula is C18H25N3O5S2. The summed E-state index contributed by atoms with van der Waals surface area (Å²) in [5, 5.41) is 11.1. The van der Waals surface area contributed by atoms with Crippen LogP contribution in [-0.2, 0) is 30.7 Å². The SMILES string of the molecule is NC(=O)CCSCc1cccc(CSCCC(=O)N[C@H](C=O)CCC(=O)O)n1. The molecule has 0 aliphatic carbocycles. The first-order valence-electron chi connectivity index (χ1n) is 8.75. The molecule has 0 saturated heterocycles. The average Bonchev–Trinajstić information content (AvgIpc) is 2.66. The Balaban J connectivity index is 2.26. The molecule has 1 rings (SSSR count). The smallest absolute Gasteiger partial charge is 0.303 e. The molecule has 1 heterocycles. The van der Waals surface area contributed by atoms with E-state index < -0.39 is 12.0 Å². The minimum atomic E-state index is -1.00. The molecule has 8 nitrogen and oxygen atoms in total. The molecule has 1 atom stereocenters. The zero-order valence-electron chi connectivity index (χ0n) is 15.5. The number of primary amides is 1.